The highest BCUT2D eigenvalue weighted by atomic mass is 79.9. The monoisotopic (exact) mass is 476 g/mol. The van der Waals surface area contributed by atoms with Crippen LogP contribution in [0.3, 0.4) is 0 Å². The van der Waals surface area contributed by atoms with Crippen LogP contribution in [0.1, 0.15) is 20.7 Å². The lowest BCUT2D eigenvalue weighted by Gasteiger charge is -2.09. The molecule has 154 valence electrons. The summed E-state index contributed by atoms with van der Waals surface area (Å²) in [6.45, 7) is 0. The van der Waals surface area contributed by atoms with Gasteiger partial charge in [0, 0.05) is 21.3 Å². The minimum Gasteiger partial charge on any atom is -0.465 e. The van der Waals surface area contributed by atoms with Gasteiger partial charge < -0.3 is 14.5 Å². The highest BCUT2D eigenvalue weighted by molar-refractivity contribution is 9.10. The van der Waals surface area contributed by atoms with Crippen molar-refractivity contribution in [3.63, 3.8) is 0 Å². The number of ether oxygens (including phenoxy) is 1. The molecular formula is C24H17BrN2O4. The zero-order chi connectivity index (χ0) is 21.8. The molecule has 31 heavy (non-hydrogen) atoms. The third kappa shape index (κ3) is 4.57. The van der Waals surface area contributed by atoms with E-state index in [1.807, 2.05) is 30.3 Å². The van der Waals surface area contributed by atoms with E-state index in [4.69, 9.17) is 4.42 Å². The Hall–Kier alpha value is -3.71. The summed E-state index contributed by atoms with van der Waals surface area (Å²) in [5, 5.41) is 2.83. The lowest BCUT2D eigenvalue weighted by atomic mass is 10.1. The zero-order valence-corrected chi connectivity index (χ0v) is 18.0. The highest BCUT2D eigenvalue weighted by Gasteiger charge is 2.17. The number of carbonyl (C=O) groups excluding carboxylic acids is 2. The van der Waals surface area contributed by atoms with E-state index in [1.165, 1.54) is 7.11 Å². The number of halogens is 1. The number of rotatable bonds is 5. The third-order valence-electron chi connectivity index (χ3n) is 4.60. The molecule has 1 heterocycles. The summed E-state index contributed by atoms with van der Waals surface area (Å²) >= 11 is 3.41. The van der Waals surface area contributed by atoms with Gasteiger partial charge in [-0.3, -0.25) is 4.79 Å². The van der Waals surface area contributed by atoms with E-state index >= 15 is 0 Å². The van der Waals surface area contributed by atoms with Crippen molar-refractivity contribution >= 4 is 33.5 Å². The van der Waals surface area contributed by atoms with Gasteiger partial charge in [-0.1, -0.05) is 40.2 Å². The van der Waals surface area contributed by atoms with E-state index in [0.717, 1.165) is 10.0 Å². The second kappa shape index (κ2) is 8.97. The number of nitrogens with zero attached hydrogens (tertiary/aromatic N) is 1. The molecule has 1 N–H and O–H groups in total. The van der Waals surface area contributed by atoms with Gasteiger partial charge in [0.05, 0.1) is 24.4 Å². The largest absolute Gasteiger partial charge is 0.465 e. The first-order chi connectivity index (χ1) is 15.0. The maximum absolute atomic E-state index is 12.9. The van der Waals surface area contributed by atoms with Gasteiger partial charge >= 0.3 is 5.97 Å². The Kier molecular flexibility index (Phi) is 5.95. The zero-order valence-electron chi connectivity index (χ0n) is 16.5. The molecule has 6 nitrogen and oxygen atoms in total. The number of nitrogens with one attached hydrogen (secondary N) is 1. The van der Waals surface area contributed by atoms with Crippen LogP contribution in [0.5, 0.6) is 0 Å². The number of benzene rings is 3. The minimum atomic E-state index is -0.436. The molecule has 0 aliphatic rings. The predicted molar refractivity (Wildman–Crippen MR) is 121 cm³/mol. The number of carbonyl (C=O) groups is 2. The fraction of sp³-hybridized carbons (Fsp3) is 0.0417. The third-order valence-corrected chi connectivity index (χ3v) is 5.13. The van der Waals surface area contributed by atoms with Gasteiger partial charge in [0.15, 0.2) is 5.76 Å². The minimum absolute atomic E-state index is 0.315. The fourth-order valence-corrected chi connectivity index (χ4v) is 3.28. The van der Waals surface area contributed by atoms with Crippen molar-refractivity contribution < 1.29 is 18.7 Å². The Morgan fingerprint density at radius 2 is 1.68 bits per heavy atom. The summed E-state index contributed by atoms with van der Waals surface area (Å²) in [6.07, 6.45) is 1.64. The van der Waals surface area contributed by atoms with Crippen LogP contribution in [0.25, 0.3) is 22.8 Å². The lowest BCUT2D eigenvalue weighted by molar-refractivity contribution is 0.0600. The van der Waals surface area contributed by atoms with E-state index < -0.39 is 5.97 Å². The summed E-state index contributed by atoms with van der Waals surface area (Å²) < 4.78 is 11.6. The van der Waals surface area contributed by atoms with Gasteiger partial charge in [-0.05, 0) is 48.5 Å². The van der Waals surface area contributed by atoms with Gasteiger partial charge in [-0.25, -0.2) is 9.78 Å². The molecule has 0 atom stereocenters. The molecule has 0 aliphatic heterocycles. The Bertz CT molecular complexity index is 1230. The standard InChI is InChI=1S/C24H17BrN2O4/c1-30-24(29)16-8-12-18(13-9-16)27-22(28)19-4-2-3-5-20(19)23-26-14-21(31-23)15-6-10-17(25)11-7-15/h2-14H,1H3,(H,27,28). The van der Waals surface area contributed by atoms with E-state index in [-0.39, 0.29) is 5.91 Å². The molecule has 0 saturated carbocycles. The topological polar surface area (TPSA) is 81.4 Å². The number of methoxy groups -OCH3 is 1. The average Bonchev–Trinajstić information content (AvgIpc) is 3.29. The van der Waals surface area contributed by atoms with E-state index in [9.17, 15) is 9.59 Å². The van der Waals surface area contributed by atoms with Gasteiger partial charge in [-0.15, -0.1) is 0 Å². The maximum atomic E-state index is 12.9. The number of hydrogen-bond acceptors (Lipinski definition) is 5. The Morgan fingerprint density at radius 1 is 0.968 bits per heavy atom. The van der Waals surface area contributed by atoms with Crippen LogP contribution in [0.15, 0.2) is 87.9 Å². The first kappa shape index (κ1) is 20.6. The quantitative estimate of drug-likeness (QED) is 0.367. The fourth-order valence-electron chi connectivity index (χ4n) is 3.02. The molecule has 0 aliphatic carbocycles. The van der Waals surface area contributed by atoms with Gasteiger partial charge in [0.1, 0.15) is 0 Å². The van der Waals surface area contributed by atoms with Crippen molar-refractivity contribution in [1.29, 1.82) is 0 Å². The summed E-state index contributed by atoms with van der Waals surface area (Å²) in [4.78, 5) is 28.8. The molecule has 0 saturated heterocycles. The molecule has 0 bridgehead atoms. The second-order valence-electron chi connectivity index (χ2n) is 6.61. The molecule has 0 radical (unpaired) electrons. The maximum Gasteiger partial charge on any atom is 0.337 e. The van der Waals surface area contributed by atoms with Crippen LogP contribution in [0.4, 0.5) is 5.69 Å². The molecule has 4 aromatic rings. The first-order valence-electron chi connectivity index (χ1n) is 9.36. The van der Waals surface area contributed by atoms with E-state index in [0.29, 0.717) is 34.0 Å². The van der Waals surface area contributed by atoms with Gasteiger partial charge in [-0.2, -0.15) is 0 Å². The molecule has 0 fully saturated rings. The van der Waals surface area contributed by atoms with Crippen molar-refractivity contribution in [2.75, 3.05) is 12.4 Å². The van der Waals surface area contributed by atoms with Crippen LogP contribution >= 0.6 is 15.9 Å². The Balaban J connectivity index is 1.58. The van der Waals surface area contributed by atoms with Crippen LogP contribution in [-0.2, 0) is 4.74 Å². The van der Waals surface area contributed by atoms with Crippen molar-refractivity contribution in [2.24, 2.45) is 0 Å². The van der Waals surface area contributed by atoms with Crippen molar-refractivity contribution in [2.45, 2.75) is 0 Å². The SMILES string of the molecule is COC(=O)c1ccc(NC(=O)c2ccccc2-c2ncc(-c3ccc(Br)cc3)o2)cc1. The van der Waals surface area contributed by atoms with Crippen LogP contribution in [0, 0.1) is 0 Å². The number of oxazole rings is 1. The number of aromatic nitrogens is 1. The summed E-state index contributed by atoms with van der Waals surface area (Å²) in [6, 6.07) is 21.2. The average molecular weight is 477 g/mol. The molecule has 7 heteroatoms. The molecule has 3 aromatic carbocycles. The predicted octanol–water partition coefficient (Wildman–Crippen LogP) is 5.81. The van der Waals surface area contributed by atoms with Gasteiger partial charge in [0.2, 0.25) is 5.89 Å². The summed E-state index contributed by atoms with van der Waals surface area (Å²) in [7, 11) is 1.32. The number of esters is 1. The van der Waals surface area contributed by atoms with Crippen LogP contribution < -0.4 is 5.32 Å². The number of anilines is 1. The van der Waals surface area contributed by atoms with Crippen molar-refractivity contribution in [3.8, 4) is 22.8 Å². The summed E-state index contributed by atoms with van der Waals surface area (Å²) in [5.41, 5.74) is 2.84. The first-order valence-corrected chi connectivity index (χ1v) is 10.2. The summed E-state index contributed by atoms with van der Waals surface area (Å²) in [5.74, 6) is 0.208. The van der Waals surface area contributed by atoms with Crippen molar-refractivity contribution in [3.05, 3.63) is 94.6 Å². The molecule has 0 spiro atoms. The normalized spacial score (nSPS) is 10.5. The van der Waals surface area contributed by atoms with Crippen LogP contribution in [-0.4, -0.2) is 24.0 Å². The Labute approximate surface area is 187 Å². The van der Waals surface area contributed by atoms with E-state index in [2.05, 4.69) is 31.0 Å². The highest BCUT2D eigenvalue weighted by Crippen LogP contribution is 2.29. The Morgan fingerprint density at radius 3 is 2.39 bits per heavy atom. The number of amides is 1. The molecule has 0 unspecified atom stereocenters. The second-order valence-corrected chi connectivity index (χ2v) is 7.52. The van der Waals surface area contributed by atoms with Gasteiger partial charge in [0.25, 0.3) is 5.91 Å². The molecule has 1 aromatic heterocycles. The lowest BCUT2D eigenvalue weighted by Crippen LogP contribution is -2.13. The van der Waals surface area contributed by atoms with Crippen molar-refractivity contribution in [1.82, 2.24) is 4.98 Å². The molecule has 1 amide bonds. The van der Waals surface area contributed by atoms with E-state index in [1.54, 1.807) is 48.7 Å². The molecular weight excluding hydrogens is 460 g/mol. The molecule has 4 rings (SSSR count). The number of hydrogen-bond donors (Lipinski definition) is 1. The smallest absolute Gasteiger partial charge is 0.337 e. The van der Waals surface area contributed by atoms with Crippen LogP contribution in [0.2, 0.25) is 0 Å².